The first-order chi connectivity index (χ1) is 15.7. The van der Waals surface area contributed by atoms with E-state index in [2.05, 4.69) is 31.2 Å². The number of para-hydroxylation sites is 1. The number of ether oxygens (including phenoxy) is 1. The number of thiocarbonyl (C=S) groups is 1. The molecule has 3 heterocycles. The average Bonchev–Trinajstić information content (AvgIpc) is 3.41. The molecule has 0 bridgehead atoms. The smallest absolute Gasteiger partial charge is 0.226 e. The number of methoxy groups -OCH3 is 1. The molecule has 8 heteroatoms. The Hall–Kier alpha value is -3.23. The van der Waals surface area contributed by atoms with Gasteiger partial charge in [0, 0.05) is 50.4 Å². The number of aromatic nitrogens is 2. The van der Waals surface area contributed by atoms with E-state index in [1.165, 1.54) is 0 Å². The van der Waals surface area contributed by atoms with E-state index >= 15 is 0 Å². The Bertz CT molecular complexity index is 1040. The van der Waals surface area contributed by atoms with E-state index in [0.29, 0.717) is 24.7 Å². The molecule has 166 valence electrons. The van der Waals surface area contributed by atoms with Gasteiger partial charge in [-0.2, -0.15) is 0 Å². The van der Waals surface area contributed by atoms with Crippen molar-refractivity contribution in [2.75, 3.05) is 25.6 Å². The van der Waals surface area contributed by atoms with Gasteiger partial charge in [0.2, 0.25) is 5.91 Å². The van der Waals surface area contributed by atoms with E-state index < -0.39 is 0 Å². The first-order valence-corrected chi connectivity index (χ1v) is 11.0. The number of nitrogens with one attached hydrogen (secondary N) is 2. The van der Waals surface area contributed by atoms with Gasteiger partial charge in [0.15, 0.2) is 5.11 Å². The van der Waals surface area contributed by atoms with Crippen LogP contribution in [0.3, 0.4) is 0 Å². The summed E-state index contributed by atoms with van der Waals surface area (Å²) in [6.07, 6.45) is 4.16. The molecule has 1 aromatic carbocycles. The molecule has 3 aromatic rings. The van der Waals surface area contributed by atoms with E-state index in [0.717, 1.165) is 23.6 Å². The second kappa shape index (κ2) is 10.4. The number of amides is 1. The van der Waals surface area contributed by atoms with Crippen molar-refractivity contribution in [3.63, 3.8) is 0 Å². The van der Waals surface area contributed by atoms with Gasteiger partial charge in [0.05, 0.1) is 24.4 Å². The van der Waals surface area contributed by atoms with Gasteiger partial charge in [0.1, 0.15) is 0 Å². The van der Waals surface area contributed by atoms with Crippen LogP contribution in [0.5, 0.6) is 0 Å². The summed E-state index contributed by atoms with van der Waals surface area (Å²) >= 11 is 5.70. The van der Waals surface area contributed by atoms with Gasteiger partial charge in [-0.1, -0.05) is 24.3 Å². The van der Waals surface area contributed by atoms with E-state index in [9.17, 15) is 4.79 Å². The molecule has 0 radical (unpaired) electrons. The predicted molar refractivity (Wildman–Crippen MR) is 128 cm³/mol. The van der Waals surface area contributed by atoms with Crippen LogP contribution in [0.4, 0.5) is 5.69 Å². The molecule has 0 saturated carbocycles. The lowest BCUT2D eigenvalue weighted by molar-refractivity contribution is -0.116. The number of nitrogens with zero attached hydrogens (tertiary/aromatic N) is 3. The normalized spacial score (nSPS) is 17.9. The summed E-state index contributed by atoms with van der Waals surface area (Å²) < 4.78 is 7.46. The Kier molecular flexibility index (Phi) is 7.14. The third-order valence-corrected chi connectivity index (χ3v) is 5.89. The number of rotatable bonds is 9. The maximum Gasteiger partial charge on any atom is 0.226 e. The molecule has 0 spiro atoms. The largest absolute Gasteiger partial charge is 0.383 e. The van der Waals surface area contributed by atoms with Gasteiger partial charge in [-0.25, -0.2) is 0 Å². The SMILES string of the molecule is COCCn1cccc1[C@@H]1[C@H](c2ccccn2)NC(=S)N1CCC(=O)Nc1ccccc1. The van der Waals surface area contributed by atoms with Gasteiger partial charge in [-0.15, -0.1) is 0 Å². The molecular weight excluding hydrogens is 422 g/mol. The average molecular weight is 450 g/mol. The molecule has 1 aliphatic heterocycles. The number of anilines is 1. The lowest BCUT2D eigenvalue weighted by atomic mass is 10.0. The zero-order valence-electron chi connectivity index (χ0n) is 18.0. The van der Waals surface area contributed by atoms with Gasteiger partial charge < -0.3 is 24.8 Å². The topological polar surface area (TPSA) is 71.4 Å². The minimum Gasteiger partial charge on any atom is -0.383 e. The number of hydrogen-bond donors (Lipinski definition) is 2. The summed E-state index contributed by atoms with van der Waals surface area (Å²) in [6, 6.07) is 19.3. The zero-order chi connectivity index (χ0) is 22.3. The maximum absolute atomic E-state index is 12.6. The fourth-order valence-corrected chi connectivity index (χ4v) is 4.36. The minimum atomic E-state index is -0.114. The summed E-state index contributed by atoms with van der Waals surface area (Å²) in [5.41, 5.74) is 2.81. The predicted octanol–water partition coefficient (Wildman–Crippen LogP) is 3.53. The maximum atomic E-state index is 12.6. The van der Waals surface area contributed by atoms with Crippen LogP contribution >= 0.6 is 12.2 Å². The molecule has 7 nitrogen and oxygen atoms in total. The number of benzene rings is 1. The van der Waals surface area contributed by atoms with Crippen molar-refractivity contribution in [2.24, 2.45) is 0 Å². The van der Waals surface area contributed by atoms with Crippen LogP contribution in [0.1, 0.15) is 29.9 Å². The second-order valence-corrected chi connectivity index (χ2v) is 7.99. The molecule has 1 fully saturated rings. The molecule has 0 unspecified atom stereocenters. The summed E-state index contributed by atoms with van der Waals surface area (Å²) in [5.74, 6) is -0.0474. The standard InChI is InChI=1S/C24H27N5O2S/c1-31-17-16-28-14-7-11-20(28)23-22(19-10-5-6-13-25-19)27-24(32)29(23)15-12-21(30)26-18-8-3-2-4-9-18/h2-11,13-14,22-23H,12,15-17H2,1H3,(H,26,30)(H,27,32)/t22-,23+/m0/s1. The van der Waals surface area contributed by atoms with Gasteiger partial charge in [0.25, 0.3) is 0 Å². The Morgan fingerprint density at radius 1 is 1.12 bits per heavy atom. The Morgan fingerprint density at radius 2 is 1.94 bits per heavy atom. The van der Waals surface area contributed by atoms with Crippen molar-refractivity contribution in [1.29, 1.82) is 0 Å². The Labute approximate surface area is 193 Å². The van der Waals surface area contributed by atoms with Crippen LogP contribution in [0.15, 0.2) is 73.1 Å². The van der Waals surface area contributed by atoms with E-state index in [1.807, 2.05) is 60.8 Å². The first kappa shape index (κ1) is 22.0. The molecule has 2 N–H and O–H groups in total. The van der Waals surface area contributed by atoms with Crippen LogP contribution in [-0.2, 0) is 16.1 Å². The van der Waals surface area contributed by atoms with Gasteiger partial charge in [-0.3, -0.25) is 9.78 Å². The fourth-order valence-electron chi connectivity index (χ4n) is 4.02. The van der Waals surface area contributed by atoms with Gasteiger partial charge >= 0.3 is 0 Å². The Balaban J connectivity index is 1.56. The number of hydrogen-bond acceptors (Lipinski definition) is 4. The van der Waals surface area contributed by atoms with Crippen LogP contribution in [0.2, 0.25) is 0 Å². The van der Waals surface area contributed by atoms with E-state index in [4.69, 9.17) is 17.0 Å². The van der Waals surface area contributed by atoms with Crippen molar-refractivity contribution < 1.29 is 9.53 Å². The molecule has 1 amide bonds. The lowest BCUT2D eigenvalue weighted by Gasteiger charge is -2.28. The first-order valence-electron chi connectivity index (χ1n) is 10.6. The third kappa shape index (κ3) is 4.98. The third-order valence-electron chi connectivity index (χ3n) is 5.54. The van der Waals surface area contributed by atoms with Crippen LogP contribution in [0.25, 0.3) is 0 Å². The van der Waals surface area contributed by atoms with Crippen molar-refractivity contribution in [2.45, 2.75) is 25.0 Å². The lowest BCUT2D eigenvalue weighted by Crippen LogP contribution is -2.33. The van der Waals surface area contributed by atoms with E-state index in [1.54, 1.807) is 13.3 Å². The molecule has 1 aliphatic rings. The summed E-state index contributed by atoms with van der Waals surface area (Å²) in [7, 11) is 1.70. The minimum absolute atomic E-state index is 0.0474. The molecular formula is C24H27N5O2S. The highest BCUT2D eigenvalue weighted by atomic mass is 32.1. The molecule has 32 heavy (non-hydrogen) atoms. The molecule has 2 atom stereocenters. The highest BCUT2D eigenvalue weighted by Gasteiger charge is 2.41. The number of carbonyl (C=O) groups excluding carboxylic acids is 1. The fraction of sp³-hybridized carbons (Fsp3) is 0.292. The molecule has 0 aliphatic carbocycles. The van der Waals surface area contributed by atoms with Crippen molar-refractivity contribution in [3.05, 3.63) is 84.4 Å². The quantitative estimate of drug-likeness (QED) is 0.487. The van der Waals surface area contributed by atoms with Crippen molar-refractivity contribution >= 4 is 28.9 Å². The Morgan fingerprint density at radius 3 is 2.69 bits per heavy atom. The summed E-state index contributed by atoms with van der Waals surface area (Å²) in [4.78, 5) is 19.3. The van der Waals surface area contributed by atoms with Crippen LogP contribution < -0.4 is 10.6 Å². The summed E-state index contributed by atoms with van der Waals surface area (Å²) in [5, 5.41) is 7.01. The summed E-state index contributed by atoms with van der Waals surface area (Å²) in [6.45, 7) is 1.84. The number of pyridine rings is 1. The van der Waals surface area contributed by atoms with Crippen LogP contribution in [0, 0.1) is 0 Å². The van der Waals surface area contributed by atoms with Gasteiger partial charge in [-0.05, 0) is 48.6 Å². The number of carbonyl (C=O) groups is 1. The molecule has 2 aromatic heterocycles. The molecule has 4 rings (SSSR count). The van der Waals surface area contributed by atoms with Crippen molar-refractivity contribution in [1.82, 2.24) is 19.8 Å². The van der Waals surface area contributed by atoms with Crippen LogP contribution in [-0.4, -0.2) is 45.7 Å². The van der Waals surface area contributed by atoms with Crippen molar-refractivity contribution in [3.8, 4) is 0 Å². The zero-order valence-corrected chi connectivity index (χ0v) is 18.8. The highest BCUT2D eigenvalue weighted by Crippen LogP contribution is 2.38. The van der Waals surface area contributed by atoms with E-state index in [-0.39, 0.29) is 18.0 Å². The highest BCUT2D eigenvalue weighted by molar-refractivity contribution is 7.80. The molecule has 1 saturated heterocycles. The monoisotopic (exact) mass is 449 g/mol. The second-order valence-electron chi connectivity index (χ2n) is 7.60.